The van der Waals surface area contributed by atoms with Gasteiger partial charge in [0.15, 0.2) is 21.3 Å². The molecule has 362 valence electrons. The average molecular weight is 1010 g/mol. The highest BCUT2D eigenvalue weighted by molar-refractivity contribution is 7.94. The summed E-state index contributed by atoms with van der Waals surface area (Å²) in [7, 11) is -7.55. The van der Waals surface area contributed by atoms with E-state index in [4.69, 9.17) is 21.3 Å². The molecule has 0 radical (unpaired) electrons. The number of ether oxygens (including phenoxy) is 1. The number of fused-ring (bicyclic) bond motifs is 4. The quantitative estimate of drug-likeness (QED) is 0.0975. The molecular weight excluding hydrogens is 967 g/mol. The summed E-state index contributed by atoms with van der Waals surface area (Å²) in [5, 5.41) is 10.0. The number of sulfone groups is 1. The van der Waals surface area contributed by atoms with Gasteiger partial charge in [-0.05, 0) is 101 Å². The molecule has 3 atom stereocenters. The van der Waals surface area contributed by atoms with E-state index in [-0.39, 0.29) is 58.4 Å². The molecule has 5 aromatic rings. The number of allylic oxidation sites excluding steroid dienone is 1. The van der Waals surface area contributed by atoms with E-state index in [0.29, 0.717) is 53.1 Å². The molecule has 68 heavy (non-hydrogen) atoms. The number of amides is 1. The van der Waals surface area contributed by atoms with Crippen molar-refractivity contribution in [1.29, 1.82) is 0 Å². The van der Waals surface area contributed by atoms with Gasteiger partial charge in [-0.2, -0.15) is 32.1 Å². The summed E-state index contributed by atoms with van der Waals surface area (Å²) in [5.41, 5.74) is -1.82. The third-order valence-electron chi connectivity index (χ3n) is 13.4. The lowest BCUT2D eigenvalue weighted by Gasteiger charge is -2.28. The van der Waals surface area contributed by atoms with Crippen molar-refractivity contribution in [3.05, 3.63) is 99.1 Å². The van der Waals surface area contributed by atoms with E-state index >= 15 is 8.78 Å². The van der Waals surface area contributed by atoms with E-state index in [1.807, 2.05) is 0 Å². The molecule has 4 heterocycles. The van der Waals surface area contributed by atoms with Crippen molar-refractivity contribution in [2.24, 2.45) is 5.92 Å². The molecule has 4 aliphatic carbocycles. The van der Waals surface area contributed by atoms with Crippen LogP contribution < -0.4 is 10.0 Å². The largest absolute Gasteiger partial charge is 0.435 e. The zero-order chi connectivity index (χ0) is 48.6. The fourth-order valence-corrected chi connectivity index (χ4v) is 13.1. The van der Waals surface area contributed by atoms with Crippen LogP contribution in [0.3, 0.4) is 0 Å². The van der Waals surface area contributed by atoms with Crippen molar-refractivity contribution in [1.82, 2.24) is 29.9 Å². The molecule has 0 bridgehead atoms. The smallest absolute Gasteiger partial charge is 0.377 e. The lowest BCUT2D eigenvalue weighted by atomic mass is 9.93. The lowest BCUT2D eigenvalue weighted by molar-refractivity contribution is -0.142. The Balaban J connectivity index is 1.15. The maximum Gasteiger partial charge on any atom is 0.435 e. The van der Waals surface area contributed by atoms with E-state index in [1.54, 1.807) is 43.7 Å². The second kappa shape index (κ2) is 16.0. The minimum Gasteiger partial charge on any atom is -0.377 e. The van der Waals surface area contributed by atoms with Crippen molar-refractivity contribution in [2.45, 2.75) is 111 Å². The molecule has 3 saturated carbocycles. The van der Waals surface area contributed by atoms with Crippen molar-refractivity contribution in [3.8, 4) is 11.1 Å². The second-order valence-electron chi connectivity index (χ2n) is 18.9. The van der Waals surface area contributed by atoms with Crippen LogP contribution in [0.1, 0.15) is 105 Å². The fraction of sp³-hybridized carbons (Fsp3) is 0.467. The Morgan fingerprint density at radius 1 is 0.971 bits per heavy atom. The van der Waals surface area contributed by atoms with Gasteiger partial charge in [0.05, 0.1) is 67.9 Å². The average Bonchev–Trinajstić information content (AvgIpc) is 4.10. The first-order chi connectivity index (χ1) is 31.9. The van der Waals surface area contributed by atoms with Crippen LogP contribution in [-0.2, 0) is 54.5 Å². The van der Waals surface area contributed by atoms with Gasteiger partial charge in [0.25, 0.3) is 5.92 Å². The number of carbonyl (C=O) groups is 1. The highest BCUT2D eigenvalue weighted by Gasteiger charge is 2.68. The number of alkyl halides is 5. The number of halogens is 8. The van der Waals surface area contributed by atoms with Gasteiger partial charge in [0.2, 0.25) is 15.9 Å². The molecule has 1 saturated heterocycles. The Hall–Kier alpha value is -5.06. The molecule has 4 fully saturated rings. The first-order valence-electron chi connectivity index (χ1n) is 21.9. The SMILES string of the molecule is CC(=CC(C)(C)S(=O)(=O)C1CC1)c1ccc(-c2ccc(Cl)c3c(NS(=O)(=O)C4CC4)nn(C4COC4)c23)c([C@H](Cc2cc(F)cc(F)c2)NC(=O)Cn2nc(C(F)(F)F)c3c2C(F)(F)C2C[C@H]32)n1. The lowest BCUT2D eigenvalue weighted by Crippen LogP contribution is -2.35. The van der Waals surface area contributed by atoms with Crippen LogP contribution in [0, 0.1) is 17.6 Å². The van der Waals surface area contributed by atoms with Crippen LogP contribution in [-0.4, -0.2) is 75.7 Å². The number of anilines is 1. The number of nitrogens with zero attached hydrogens (tertiary/aromatic N) is 5. The summed E-state index contributed by atoms with van der Waals surface area (Å²) in [6.07, 6.45) is -2.27. The van der Waals surface area contributed by atoms with Gasteiger partial charge in [0, 0.05) is 28.7 Å². The number of nitrogens with one attached hydrogen (secondary N) is 2. The van der Waals surface area contributed by atoms with Crippen LogP contribution >= 0.6 is 11.6 Å². The molecule has 10 rings (SSSR count). The summed E-state index contributed by atoms with van der Waals surface area (Å²) in [5.74, 6) is -9.33. The van der Waals surface area contributed by atoms with Crippen molar-refractivity contribution in [2.75, 3.05) is 17.9 Å². The number of aromatic nitrogens is 5. The number of hydrogen-bond donors (Lipinski definition) is 2. The second-order valence-corrected chi connectivity index (χ2v) is 24.1. The number of carbonyl (C=O) groups excluding carboxylic acids is 1. The number of benzene rings is 2. The third kappa shape index (κ3) is 8.15. The van der Waals surface area contributed by atoms with Gasteiger partial charge in [-0.3, -0.25) is 23.9 Å². The van der Waals surface area contributed by atoms with Crippen molar-refractivity contribution in [3.63, 3.8) is 0 Å². The predicted octanol–water partition coefficient (Wildman–Crippen LogP) is 8.79. The molecule has 1 amide bonds. The Kier molecular flexibility index (Phi) is 11.0. The van der Waals surface area contributed by atoms with E-state index in [1.165, 1.54) is 12.1 Å². The van der Waals surface area contributed by atoms with E-state index in [2.05, 4.69) is 20.2 Å². The third-order valence-corrected chi connectivity index (χ3v) is 18.4. The standard InChI is InChI=1S/C45H43ClF7N7O6S2/c1-21(17-43(2,3)67(62,63)26-4-5-26)33-11-9-28(29-8-10-32(46)37-39(29)60(25-19-66-20-25)57-42(37)58-68(64,65)27-6-7-27)38(55-33)34(14-22-12-23(47)15-24(48)13-22)54-35(61)18-59-41-36(40(56-59)45(51,52)53)30-16-31(30)44(41,49)50/h8-13,15,17,25-27,30-31,34H,4-7,14,16,18-20H2,1-3H3,(H,54,61)(H,57,58)/t30-,31?,34-/m0/s1. The molecule has 1 aliphatic heterocycles. The van der Waals surface area contributed by atoms with Crippen LogP contribution in [0.4, 0.5) is 36.6 Å². The summed E-state index contributed by atoms with van der Waals surface area (Å²) in [6, 6.07) is 7.00. The molecule has 13 nitrogen and oxygen atoms in total. The van der Waals surface area contributed by atoms with Crippen LogP contribution in [0.15, 0.2) is 48.5 Å². The summed E-state index contributed by atoms with van der Waals surface area (Å²) in [4.78, 5) is 19.3. The van der Waals surface area contributed by atoms with Crippen LogP contribution in [0.5, 0.6) is 0 Å². The topological polar surface area (TPSA) is 167 Å². The van der Waals surface area contributed by atoms with Crippen LogP contribution in [0.25, 0.3) is 27.6 Å². The molecule has 23 heteroatoms. The zero-order valence-electron chi connectivity index (χ0n) is 36.5. The van der Waals surface area contributed by atoms with Gasteiger partial charge in [0.1, 0.15) is 23.9 Å². The monoisotopic (exact) mass is 1010 g/mol. The van der Waals surface area contributed by atoms with E-state index in [0.717, 1.165) is 12.1 Å². The molecule has 2 aromatic carbocycles. The normalized spacial score (nSPS) is 21.1. The highest BCUT2D eigenvalue weighted by atomic mass is 35.5. The Morgan fingerprint density at radius 3 is 2.25 bits per heavy atom. The summed E-state index contributed by atoms with van der Waals surface area (Å²) in [6.45, 7) is 3.97. The molecule has 5 aliphatic rings. The number of sulfonamides is 1. The molecular formula is C45H43ClF7N7O6S2. The van der Waals surface area contributed by atoms with Gasteiger partial charge >= 0.3 is 6.18 Å². The van der Waals surface area contributed by atoms with E-state index < -0.39 is 119 Å². The Labute approximate surface area is 390 Å². The maximum atomic E-state index is 15.6. The minimum absolute atomic E-state index is 0.0180. The Morgan fingerprint density at radius 2 is 1.63 bits per heavy atom. The maximum absolute atomic E-state index is 15.6. The summed E-state index contributed by atoms with van der Waals surface area (Å²) >= 11 is 6.85. The predicted molar refractivity (Wildman–Crippen MR) is 236 cm³/mol. The molecule has 1 unspecified atom stereocenters. The first kappa shape index (κ1) is 46.7. The summed E-state index contributed by atoms with van der Waals surface area (Å²) < 4.78 is 166. The van der Waals surface area contributed by atoms with Crippen molar-refractivity contribution >= 4 is 59.7 Å². The molecule has 0 spiro atoms. The molecule has 3 aromatic heterocycles. The zero-order valence-corrected chi connectivity index (χ0v) is 38.9. The van der Waals surface area contributed by atoms with Gasteiger partial charge in [-0.25, -0.2) is 25.6 Å². The number of rotatable bonds is 15. The van der Waals surface area contributed by atoms with Crippen LogP contribution in [0.2, 0.25) is 5.02 Å². The minimum atomic E-state index is -5.11. The number of hydrogen-bond acceptors (Lipinski definition) is 9. The van der Waals surface area contributed by atoms with E-state index in [9.17, 15) is 43.6 Å². The van der Waals surface area contributed by atoms with Gasteiger partial charge < -0.3 is 10.1 Å². The Bertz CT molecular complexity index is 3180. The first-order valence-corrected chi connectivity index (χ1v) is 25.4. The van der Waals surface area contributed by atoms with Gasteiger partial charge in [-0.15, -0.1) is 0 Å². The fourth-order valence-electron chi connectivity index (χ4n) is 9.57. The number of pyridine rings is 1. The highest BCUT2D eigenvalue weighted by Crippen LogP contribution is 2.68. The van der Waals surface area contributed by atoms with Crippen molar-refractivity contribution < 1.29 is 57.1 Å². The molecule has 2 N–H and O–H groups in total. The van der Waals surface area contributed by atoms with Gasteiger partial charge in [-0.1, -0.05) is 29.8 Å².